The number of hydrogen-bond donors (Lipinski definition) is 3. The maximum atomic E-state index is 12.9. The van der Waals surface area contributed by atoms with Gasteiger partial charge < -0.3 is 20.9 Å². The highest BCUT2D eigenvalue weighted by atomic mass is 32.1. The number of pyridine rings is 1. The lowest BCUT2D eigenvalue weighted by Gasteiger charge is -2.37. The molecule has 0 atom stereocenters. The number of nitriles is 1. The first-order chi connectivity index (χ1) is 20.2. The Balaban J connectivity index is 1.40. The summed E-state index contributed by atoms with van der Waals surface area (Å²) in [6.45, 7) is 12.0. The van der Waals surface area contributed by atoms with Gasteiger partial charge in [-0.2, -0.15) is 5.26 Å². The van der Waals surface area contributed by atoms with Gasteiger partial charge in [-0.15, -0.1) is 11.3 Å². The van der Waals surface area contributed by atoms with Gasteiger partial charge in [-0.25, -0.2) is 4.98 Å². The number of piperazine rings is 1. The first-order valence-corrected chi connectivity index (χ1v) is 14.8. The number of hydrogen-bond acceptors (Lipinski definition) is 9. The van der Waals surface area contributed by atoms with Crippen LogP contribution in [0, 0.1) is 25.2 Å². The van der Waals surface area contributed by atoms with Crippen LogP contribution in [0.5, 0.6) is 0 Å². The van der Waals surface area contributed by atoms with Gasteiger partial charge in [-0.1, -0.05) is 24.3 Å². The van der Waals surface area contributed by atoms with E-state index in [0.717, 1.165) is 37.5 Å². The van der Waals surface area contributed by atoms with E-state index < -0.39 is 5.91 Å². The van der Waals surface area contributed by atoms with E-state index in [-0.39, 0.29) is 23.6 Å². The Morgan fingerprint density at radius 2 is 1.71 bits per heavy atom. The Hall–Kier alpha value is -4.47. The Morgan fingerprint density at radius 1 is 1.05 bits per heavy atom. The molecular formula is C30H36N8O3S. The zero-order valence-corrected chi connectivity index (χ0v) is 25.2. The van der Waals surface area contributed by atoms with Crippen molar-refractivity contribution in [2.45, 2.75) is 34.2 Å². The smallest absolute Gasteiger partial charge is 0.270 e. The van der Waals surface area contributed by atoms with Gasteiger partial charge in [0.1, 0.15) is 26.9 Å². The van der Waals surface area contributed by atoms with Crippen molar-refractivity contribution in [2.75, 3.05) is 54.8 Å². The minimum Gasteiger partial charge on any atom is -0.369 e. The molecule has 3 N–H and O–H groups in total. The third kappa shape index (κ3) is 7.05. The number of para-hydroxylation sites is 1. The van der Waals surface area contributed by atoms with Gasteiger partial charge in [0.15, 0.2) is 5.57 Å². The van der Waals surface area contributed by atoms with Crippen LogP contribution < -0.4 is 35.6 Å². The minimum atomic E-state index is -0.517. The number of aromatic nitrogens is 2. The molecule has 3 aromatic rings. The molecule has 2 amide bonds. The van der Waals surface area contributed by atoms with Crippen LogP contribution in [0.2, 0.25) is 0 Å². The Bertz CT molecular complexity index is 1660. The molecule has 0 saturated carbocycles. The molecule has 0 aliphatic carbocycles. The van der Waals surface area contributed by atoms with Crippen LogP contribution in [0.15, 0.2) is 41.2 Å². The fourth-order valence-corrected chi connectivity index (χ4v) is 6.07. The first kappa shape index (κ1) is 30.5. The van der Waals surface area contributed by atoms with Crippen LogP contribution in [-0.4, -0.2) is 65.5 Å². The lowest BCUT2D eigenvalue weighted by atomic mass is 10.1. The predicted molar refractivity (Wildman–Crippen MR) is 167 cm³/mol. The predicted octanol–water partition coefficient (Wildman–Crippen LogP) is 1.36. The van der Waals surface area contributed by atoms with Gasteiger partial charge in [0.2, 0.25) is 5.91 Å². The van der Waals surface area contributed by atoms with Gasteiger partial charge in [0, 0.05) is 51.2 Å². The molecule has 220 valence electrons. The highest BCUT2D eigenvalue weighted by Crippen LogP contribution is 2.25. The molecule has 1 aliphatic rings. The van der Waals surface area contributed by atoms with Crippen molar-refractivity contribution in [3.8, 4) is 6.07 Å². The lowest BCUT2D eigenvalue weighted by Crippen LogP contribution is -2.49. The summed E-state index contributed by atoms with van der Waals surface area (Å²) in [6.07, 6.45) is 1.50. The van der Waals surface area contributed by atoms with Crippen molar-refractivity contribution in [3.63, 3.8) is 0 Å². The van der Waals surface area contributed by atoms with Crippen LogP contribution >= 0.6 is 11.3 Å². The second-order valence-corrected chi connectivity index (χ2v) is 10.9. The second-order valence-electron chi connectivity index (χ2n) is 9.92. The number of rotatable bonds is 9. The minimum absolute atomic E-state index is 0.102. The number of benzene rings is 1. The van der Waals surface area contributed by atoms with Gasteiger partial charge in [0.25, 0.3) is 11.5 Å². The quantitative estimate of drug-likeness (QED) is 0.341. The van der Waals surface area contributed by atoms with E-state index in [1.165, 1.54) is 27.6 Å². The number of carbonyl (C=O) groups is 2. The van der Waals surface area contributed by atoms with Crippen molar-refractivity contribution in [1.29, 1.82) is 5.26 Å². The summed E-state index contributed by atoms with van der Waals surface area (Å²) in [6, 6.07) is 13.4. The standard InChI is InChI=1S/C30H36N8O3S/c1-5-32-28(40)22(17-31)30-38(6-2)29(41)23(42-30)18-33-24-11-8-12-25(34-24)35-26(39)19-36-13-15-37(16-14-36)27-20(3)9-7-10-21(27)4/h7-12,18H,5-6,13-16,19H2,1-4H3,(H,32,40)(H2,33,34,35,39). The molecule has 0 spiro atoms. The van der Waals surface area contributed by atoms with E-state index in [1.807, 2.05) is 6.07 Å². The topological polar surface area (TPSA) is 135 Å². The maximum absolute atomic E-state index is 12.9. The maximum Gasteiger partial charge on any atom is 0.270 e. The van der Waals surface area contributed by atoms with Crippen molar-refractivity contribution < 1.29 is 9.59 Å². The molecule has 0 radical (unpaired) electrons. The fraction of sp³-hybridized carbons (Fsp3) is 0.367. The van der Waals surface area contributed by atoms with Gasteiger partial charge >= 0.3 is 0 Å². The van der Waals surface area contributed by atoms with E-state index >= 15 is 0 Å². The SMILES string of the molecule is CCNC(=O)C(C#N)=c1sc(=CNc2cccc(NC(=O)CN3CCN(c4c(C)cccc4C)CC3)n2)c(=O)n1CC. The van der Waals surface area contributed by atoms with Gasteiger partial charge in [-0.05, 0) is 51.0 Å². The summed E-state index contributed by atoms with van der Waals surface area (Å²) in [5.74, 6) is 0.154. The van der Waals surface area contributed by atoms with E-state index in [2.05, 4.69) is 62.8 Å². The molecule has 0 unspecified atom stereocenters. The number of nitrogens with zero attached hydrogens (tertiary/aromatic N) is 5. The van der Waals surface area contributed by atoms with Crippen molar-refractivity contribution >= 4 is 52.2 Å². The summed E-state index contributed by atoms with van der Waals surface area (Å²) < 4.78 is 2.02. The molecule has 1 aliphatic heterocycles. The number of thiazole rings is 1. The zero-order chi connectivity index (χ0) is 30.2. The summed E-state index contributed by atoms with van der Waals surface area (Å²) in [7, 11) is 0. The average molecular weight is 589 g/mol. The molecule has 2 aromatic heterocycles. The van der Waals surface area contributed by atoms with E-state index in [9.17, 15) is 19.6 Å². The fourth-order valence-electron chi connectivity index (χ4n) is 4.98. The molecular weight excluding hydrogens is 552 g/mol. The highest BCUT2D eigenvalue weighted by Gasteiger charge is 2.21. The monoisotopic (exact) mass is 588 g/mol. The number of anilines is 3. The van der Waals surface area contributed by atoms with Crippen LogP contribution in [0.3, 0.4) is 0 Å². The van der Waals surface area contributed by atoms with Crippen molar-refractivity contribution in [2.24, 2.45) is 0 Å². The van der Waals surface area contributed by atoms with Crippen molar-refractivity contribution in [3.05, 3.63) is 67.1 Å². The number of carbonyl (C=O) groups excluding carboxylic acids is 2. The third-order valence-electron chi connectivity index (χ3n) is 6.98. The normalized spacial score (nSPS) is 14.7. The molecule has 11 nitrogen and oxygen atoms in total. The molecule has 3 heterocycles. The molecule has 1 aromatic carbocycles. The van der Waals surface area contributed by atoms with Gasteiger partial charge in [-0.3, -0.25) is 23.9 Å². The zero-order valence-electron chi connectivity index (χ0n) is 24.4. The molecule has 12 heteroatoms. The number of amides is 2. The van der Waals surface area contributed by atoms with Crippen molar-refractivity contribution in [1.82, 2.24) is 19.8 Å². The largest absolute Gasteiger partial charge is 0.369 e. The average Bonchev–Trinajstić information content (AvgIpc) is 3.28. The highest BCUT2D eigenvalue weighted by molar-refractivity contribution is 7.07. The molecule has 0 bridgehead atoms. The Labute approximate surface area is 248 Å². The van der Waals surface area contributed by atoms with E-state index in [0.29, 0.717) is 33.9 Å². The molecule has 1 saturated heterocycles. The van der Waals surface area contributed by atoms with Gasteiger partial charge in [0.05, 0.1) is 6.54 Å². The van der Waals surface area contributed by atoms with E-state index in [1.54, 1.807) is 32.0 Å². The third-order valence-corrected chi connectivity index (χ3v) is 8.11. The number of nitrogens with one attached hydrogen (secondary N) is 3. The molecule has 1 fully saturated rings. The lowest BCUT2D eigenvalue weighted by molar-refractivity contribution is -0.117. The summed E-state index contributed by atoms with van der Waals surface area (Å²) in [4.78, 5) is 47.1. The second kappa shape index (κ2) is 13.9. The van der Waals surface area contributed by atoms with Crippen LogP contribution in [0.25, 0.3) is 11.8 Å². The Kier molecular flexibility index (Phi) is 10.1. The van der Waals surface area contributed by atoms with Crippen LogP contribution in [-0.2, 0) is 16.1 Å². The van der Waals surface area contributed by atoms with Crippen LogP contribution in [0.4, 0.5) is 17.3 Å². The summed E-state index contributed by atoms with van der Waals surface area (Å²) >= 11 is 1.06. The summed E-state index contributed by atoms with van der Waals surface area (Å²) in [5, 5.41) is 18.0. The molecule has 4 rings (SSSR count). The summed E-state index contributed by atoms with van der Waals surface area (Å²) in [5.41, 5.74) is 3.39. The van der Waals surface area contributed by atoms with E-state index in [4.69, 9.17) is 0 Å². The first-order valence-electron chi connectivity index (χ1n) is 13.9. The molecule has 42 heavy (non-hydrogen) atoms. The van der Waals surface area contributed by atoms with Crippen LogP contribution in [0.1, 0.15) is 25.0 Å². The number of aryl methyl sites for hydroxylation is 2. The Morgan fingerprint density at radius 3 is 2.36 bits per heavy atom.